The Morgan fingerprint density at radius 1 is 0.691 bits per heavy atom. The van der Waals surface area contributed by atoms with Crippen molar-refractivity contribution in [3.8, 4) is 0 Å². The fraction of sp³-hybridized carbons (Fsp3) is 0.390. The molecule has 290 valence electrons. The molecule has 6 rings (SSSR count). The molecule has 0 bridgehead atoms. The Labute approximate surface area is 422 Å². The molecule has 0 radical (unpaired) electrons. The largest absolute Gasteiger partial charge is 1.00 e. The van der Waals surface area contributed by atoms with Crippen molar-refractivity contribution >= 4 is 52.7 Å². The van der Waals surface area contributed by atoms with E-state index in [9.17, 15) is 0 Å². The van der Waals surface area contributed by atoms with Gasteiger partial charge in [0.1, 0.15) is 0 Å². The quantitative estimate of drug-likeness (QED) is 0.0536. The number of fused-ring (bicyclic) bond motifs is 4. The maximum Gasteiger partial charge on any atom is 1.00 e. The van der Waals surface area contributed by atoms with Crippen LogP contribution in [0, 0.1) is 5.92 Å². The van der Waals surface area contributed by atoms with E-state index in [0.29, 0.717) is 45.0 Å². The molecule has 0 spiro atoms. The van der Waals surface area contributed by atoms with E-state index in [0.717, 1.165) is 19.6 Å². The molecule has 0 saturated heterocycles. The fourth-order valence-electron chi connectivity index (χ4n) is 5.69. The molecule has 14 heteroatoms. The molecular formula is C41H55K2N3O7S2. The summed E-state index contributed by atoms with van der Waals surface area (Å²) in [5.41, 5.74) is 5.29. The standard InChI is InChI=1S/C23H32N2O3S.C17H19NS.CH2O3.2K.H2O.H/c1-19(24(2)12-13-27-16-17-28-15-14-26-3)18-25-20-8-4-6-10-22(20)29-23-11-7-5-9-21(23)25;1-3-13(2)12-18-14-8-4-6-10-16(14)19-17-11-7-5-9-15(17)18;2-1-4-3;;;;/h4-11,19H,12-18H2,1-3H3;4-11,13H,3,12H2,1-2H3;1,3H;;;1H2;/q;;;2*+1;;-1/p-1. The van der Waals surface area contributed by atoms with Crippen molar-refractivity contribution in [2.45, 2.75) is 52.8 Å². The fourth-order valence-corrected chi connectivity index (χ4v) is 7.88. The van der Waals surface area contributed by atoms with Gasteiger partial charge in [0.25, 0.3) is 6.47 Å². The Hall–Kier alpha value is -0.317. The van der Waals surface area contributed by atoms with E-state index < -0.39 is 0 Å². The van der Waals surface area contributed by atoms with Crippen molar-refractivity contribution in [2.24, 2.45) is 5.92 Å². The average Bonchev–Trinajstić information content (AvgIpc) is 3.18. The van der Waals surface area contributed by atoms with Crippen molar-refractivity contribution in [1.82, 2.24) is 4.90 Å². The van der Waals surface area contributed by atoms with Gasteiger partial charge in [0.05, 0.1) is 55.8 Å². The Bertz CT molecular complexity index is 1580. The first-order chi connectivity index (χ1) is 25.4. The first-order valence-electron chi connectivity index (χ1n) is 17.8. The molecule has 10 nitrogen and oxygen atoms in total. The summed E-state index contributed by atoms with van der Waals surface area (Å²) in [6, 6.07) is 35.2. The van der Waals surface area contributed by atoms with Crippen LogP contribution in [-0.4, -0.2) is 89.7 Å². The van der Waals surface area contributed by atoms with Crippen LogP contribution in [0.1, 0.15) is 28.6 Å². The van der Waals surface area contributed by atoms with Gasteiger partial charge in [-0.05, 0) is 68.4 Å². The van der Waals surface area contributed by atoms with E-state index in [1.54, 1.807) is 7.11 Å². The zero-order valence-electron chi connectivity index (χ0n) is 34.4. The second-order valence-electron chi connectivity index (χ2n) is 12.5. The number of hydrogen-bond acceptors (Lipinski definition) is 11. The molecule has 2 atom stereocenters. The third kappa shape index (κ3) is 16.7. The number of para-hydroxylation sites is 4. The number of anilines is 4. The van der Waals surface area contributed by atoms with Crippen molar-refractivity contribution in [2.75, 3.05) is 76.6 Å². The number of hydrogen-bond donors (Lipinski definition) is 0. The minimum absolute atomic E-state index is 0. The van der Waals surface area contributed by atoms with E-state index in [-0.39, 0.29) is 116 Å². The molecule has 55 heavy (non-hydrogen) atoms. The molecule has 2 aliphatic rings. The number of likely N-dealkylation sites (N-methyl/N-ethyl adjacent to an activating group) is 1. The Morgan fingerprint density at radius 2 is 1.05 bits per heavy atom. The predicted molar refractivity (Wildman–Crippen MR) is 215 cm³/mol. The van der Waals surface area contributed by atoms with Gasteiger partial charge in [-0.1, -0.05) is 92.3 Å². The van der Waals surface area contributed by atoms with Gasteiger partial charge in [0.15, 0.2) is 0 Å². The van der Waals surface area contributed by atoms with Crippen LogP contribution in [0.15, 0.2) is 117 Å². The summed E-state index contributed by atoms with van der Waals surface area (Å²) >= 11 is 3.73. The van der Waals surface area contributed by atoms with Gasteiger partial charge in [-0.3, -0.25) is 9.69 Å². The molecular weight excluding hydrogens is 789 g/mol. The van der Waals surface area contributed by atoms with Crippen LogP contribution in [0.2, 0.25) is 0 Å². The first-order valence-corrected chi connectivity index (χ1v) is 19.4. The number of ether oxygens (including phenoxy) is 3. The second-order valence-corrected chi connectivity index (χ2v) is 14.7. The van der Waals surface area contributed by atoms with Crippen molar-refractivity contribution < 1.29 is 139 Å². The smallest absolute Gasteiger partial charge is 1.00 e. The maximum atomic E-state index is 8.64. The summed E-state index contributed by atoms with van der Waals surface area (Å²) in [6.07, 6.45) is 1.22. The van der Waals surface area contributed by atoms with E-state index in [4.69, 9.17) is 24.3 Å². The van der Waals surface area contributed by atoms with Gasteiger partial charge in [0, 0.05) is 52.4 Å². The van der Waals surface area contributed by atoms with E-state index in [2.05, 4.69) is 144 Å². The Balaban J connectivity index is 0.000000975. The van der Waals surface area contributed by atoms with Crippen LogP contribution in [-0.2, 0) is 23.9 Å². The Morgan fingerprint density at radius 3 is 1.44 bits per heavy atom. The van der Waals surface area contributed by atoms with Crippen LogP contribution in [0.3, 0.4) is 0 Å². The molecule has 2 heterocycles. The first kappa shape index (κ1) is 52.7. The van der Waals surface area contributed by atoms with Crippen LogP contribution in [0.25, 0.3) is 0 Å². The molecule has 0 aliphatic carbocycles. The monoisotopic (exact) mass is 843 g/mol. The van der Waals surface area contributed by atoms with E-state index in [1.165, 1.54) is 48.8 Å². The molecule has 4 aromatic rings. The van der Waals surface area contributed by atoms with Crippen molar-refractivity contribution in [3.05, 3.63) is 97.1 Å². The van der Waals surface area contributed by atoms with Crippen LogP contribution in [0.5, 0.6) is 0 Å². The zero-order chi connectivity index (χ0) is 37.1. The summed E-state index contributed by atoms with van der Waals surface area (Å²) in [5, 5.41) is 8.43. The van der Waals surface area contributed by atoms with Gasteiger partial charge in [-0.25, -0.2) is 0 Å². The molecule has 4 aromatic carbocycles. The molecule has 0 amide bonds. The second kappa shape index (κ2) is 29.8. The number of rotatable bonds is 16. The molecule has 2 unspecified atom stereocenters. The minimum atomic E-state index is -0.181. The van der Waals surface area contributed by atoms with E-state index in [1.807, 2.05) is 23.5 Å². The van der Waals surface area contributed by atoms with Crippen molar-refractivity contribution in [1.29, 1.82) is 0 Å². The summed E-state index contributed by atoms with van der Waals surface area (Å²) < 4.78 is 16.1. The summed E-state index contributed by atoms with van der Waals surface area (Å²) in [7, 11) is 3.84. The summed E-state index contributed by atoms with van der Waals surface area (Å²) in [5.74, 6) is 0.698. The van der Waals surface area contributed by atoms with Crippen LogP contribution in [0.4, 0.5) is 22.7 Å². The topological polar surface area (TPSA) is 118 Å². The predicted octanol–water partition coefficient (Wildman–Crippen LogP) is 1.36. The third-order valence-electron chi connectivity index (χ3n) is 8.89. The normalized spacial score (nSPS) is 12.9. The van der Waals surface area contributed by atoms with Gasteiger partial charge in [-0.15, -0.1) is 0 Å². The number of carbonyl (C=O) groups is 1. The van der Waals surface area contributed by atoms with Crippen LogP contribution >= 0.6 is 23.5 Å². The summed E-state index contributed by atoms with van der Waals surface area (Å²) in [6.45, 7) is 12.8. The van der Waals surface area contributed by atoms with Gasteiger partial charge in [0.2, 0.25) is 0 Å². The average molecular weight is 844 g/mol. The molecule has 2 aliphatic heterocycles. The van der Waals surface area contributed by atoms with Gasteiger partial charge in [-0.2, -0.15) is 0 Å². The van der Waals surface area contributed by atoms with Gasteiger partial charge < -0.3 is 41.1 Å². The van der Waals surface area contributed by atoms with Crippen molar-refractivity contribution in [3.63, 3.8) is 0 Å². The third-order valence-corrected chi connectivity index (χ3v) is 11.1. The van der Waals surface area contributed by atoms with Gasteiger partial charge >= 0.3 is 103 Å². The Kier molecular flexibility index (Phi) is 28.6. The molecule has 0 saturated carbocycles. The number of nitrogens with zero attached hydrogens (tertiary/aromatic N) is 3. The SMILES string of the molecule is CCC(C)CN1c2ccccc2Sc2ccccc21.COCCOCCOCCN(C)C(C)CN1c2ccccc2Sc2ccccc21.O.O=CO[O-].[H-].[K+].[K+]. The molecule has 2 N–H and O–H groups in total. The van der Waals surface area contributed by atoms with E-state index >= 15 is 0 Å². The zero-order valence-corrected chi connectivity index (χ0v) is 41.3. The molecule has 0 aromatic heterocycles. The number of carbonyl (C=O) groups excluding carboxylic acids is 1. The minimum Gasteiger partial charge on any atom is -1.00 e. The number of methoxy groups -OCH3 is 1. The number of benzene rings is 4. The van der Waals surface area contributed by atoms with Crippen LogP contribution < -0.4 is 118 Å². The molecule has 0 fully saturated rings. The summed E-state index contributed by atoms with van der Waals surface area (Å²) in [4.78, 5) is 23.9. The maximum absolute atomic E-state index is 8.64.